The predicted octanol–water partition coefficient (Wildman–Crippen LogP) is 3.27. The zero-order valence-electron chi connectivity index (χ0n) is 15.0. The molecule has 0 bridgehead atoms. The molecule has 0 heterocycles. The van der Waals surface area contributed by atoms with E-state index in [9.17, 15) is 4.79 Å². The van der Waals surface area contributed by atoms with Gasteiger partial charge in [-0.2, -0.15) is 0 Å². The fraction of sp³-hybridized carbons (Fsp3) is 0.529. The molecule has 1 aromatic carbocycles. The van der Waals surface area contributed by atoms with Gasteiger partial charge in [-0.15, -0.1) is 24.0 Å². The number of nitrogens with zero attached hydrogens (tertiary/aromatic N) is 1. The molecule has 142 valence electrons. The van der Waals surface area contributed by atoms with Crippen LogP contribution in [0.2, 0.25) is 5.02 Å². The maximum atomic E-state index is 11.9. The van der Waals surface area contributed by atoms with E-state index < -0.39 is 0 Å². The standard InChI is InChI=1S/C17H27ClN4O2.HI/c1-4-19-17(21-13(2)12-24-3)20-11-5-6-16(23)22-15-9-7-14(18)8-10-15;/h7-10,13H,4-6,11-12H2,1-3H3,(H,22,23)(H2,19,20,21);1H. The van der Waals surface area contributed by atoms with Gasteiger partial charge in [-0.1, -0.05) is 11.6 Å². The number of guanidine groups is 1. The summed E-state index contributed by atoms with van der Waals surface area (Å²) in [5.74, 6) is 0.707. The summed E-state index contributed by atoms with van der Waals surface area (Å²) in [7, 11) is 1.67. The molecule has 1 aromatic rings. The van der Waals surface area contributed by atoms with Crippen molar-refractivity contribution >= 4 is 53.1 Å². The summed E-state index contributed by atoms with van der Waals surface area (Å²) in [5, 5.41) is 9.91. The van der Waals surface area contributed by atoms with Gasteiger partial charge in [-0.05, 0) is 44.5 Å². The number of aliphatic imine (C=N–C) groups is 1. The predicted molar refractivity (Wildman–Crippen MR) is 115 cm³/mol. The number of methoxy groups -OCH3 is 1. The number of anilines is 1. The van der Waals surface area contributed by atoms with E-state index in [4.69, 9.17) is 16.3 Å². The number of benzene rings is 1. The second-order valence-corrected chi connectivity index (χ2v) is 5.86. The third kappa shape index (κ3) is 11.2. The third-order valence-corrected chi connectivity index (χ3v) is 3.36. The molecule has 0 fully saturated rings. The highest BCUT2D eigenvalue weighted by Crippen LogP contribution is 2.13. The lowest BCUT2D eigenvalue weighted by molar-refractivity contribution is -0.116. The highest BCUT2D eigenvalue weighted by atomic mass is 127. The van der Waals surface area contributed by atoms with Gasteiger partial charge in [0.15, 0.2) is 5.96 Å². The first kappa shape index (κ1) is 23.9. The van der Waals surface area contributed by atoms with E-state index in [2.05, 4.69) is 20.9 Å². The van der Waals surface area contributed by atoms with E-state index in [1.807, 2.05) is 13.8 Å². The fourth-order valence-electron chi connectivity index (χ4n) is 2.03. The molecule has 3 N–H and O–H groups in total. The Kier molecular flexibility index (Phi) is 13.5. The first-order valence-corrected chi connectivity index (χ1v) is 8.52. The van der Waals surface area contributed by atoms with Crippen LogP contribution < -0.4 is 16.0 Å². The summed E-state index contributed by atoms with van der Waals surface area (Å²) in [6, 6.07) is 7.22. The second kappa shape index (κ2) is 14.1. The minimum atomic E-state index is -0.0294. The summed E-state index contributed by atoms with van der Waals surface area (Å²) in [4.78, 5) is 16.4. The summed E-state index contributed by atoms with van der Waals surface area (Å²) in [6.07, 6.45) is 1.09. The fourth-order valence-corrected chi connectivity index (χ4v) is 2.16. The van der Waals surface area contributed by atoms with E-state index in [1.54, 1.807) is 31.4 Å². The molecule has 8 heteroatoms. The molecule has 6 nitrogen and oxygen atoms in total. The van der Waals surface area contributed by atoms with Crippen molar-refractivity contribution in [2.45, 2.75) is 32.7 Å². The Morgan fingerprint density at radius 1 is 1.32 bits per heavy atom. The number of carbonyl (C=O) groups is 1. The lowest BCUT2D eigenvalue weighted by Gasteiger charge is -2.16. The number of halogens is 2. The molecule has 1 rings (SSSR count). The van der Waals surface area contributed by atoms with Gasteiger partial charge in [0.2, 0.25) is 5.91 Å². The second-order valence-electron chi connectivity index (χ2n) is 5.42. The van der Waals surface area contributed by atoms with Crippen molar-refractivity contribution in [3.63, 3.8) is 0 Å². The summed E-state index contributed by atoms with van der Waals surface area (Å²) in [5.41, 5.74) is 0.747. The van der Waals surface area contributed by atoms with E-state index in [0.29, 0.717) is 31.0 Å². The van der Waals surface area contributed by atoms with Crippen molar-refractivity contribution in [2.75, 3.05) is 32.1 Å². The molecule has 0 aliphatic rings. The smallest absolute Gasteiger partial charge is 0.224 e. The van der Waals surface area contributed by atoms with Crippen LogP contribution in [0.25, 0.3) is 0 Å². The average Bonchev–Trinajstić information content (AvgIpc) is 2.54. The Morgan fingerprint density at radius 3 is 2.60 bits per heavy atom. The lowest BCUT2D eigenvalue weighted by Crippen LogP contribution is -2.44. The molecule has 0 aromatic heterocycles. The number of ether oxygens (including phenoxy) is 1. The third-order valence-electron chi connectivity index (χ3n) is 3.10. The van der Waals surface area contributed by atoms with Gasteiger partial charge >= 0.3 is 0 Å². The lowest BCUT2D eigenvalue weighted by atomic mass is 10.2. The van der Waals surface area contributed by atoms with Crippen LogP contribution in [0.5, 0.6) is 0 Å². The topological polar surface area (TPSA) is 74.8 Å². The summed E-state index contributed by atoms with van der Waals surface area (Å²) < 4.78 is 5.10. The zero-order chi connectivity index (χ0) is 17.8. The minimum Gasteiger partial charge on any atom is -0.383 e. The van der Waals surface area contributed by atoms with Crippen molar-refractivity contribution in [3.05, 3.63) is 29.3 Å². The van der Waals surface area contributed by atoms with Gasteiger partial charge in [-0.25, -0.2) is 0 Å². The molecule has 0 aliphatic carbocycles. The zero-order valence-corrected chi connectivity index (χ0v) is 18.1. The summed E-state index contributed by atoms with van der Waals surface area (Å²) in [6.45, 7) is 5.99. The van der Waals surface area contributed by atoms with Crippen LogP contribution >= 0.6 is 35.6 Å². The number of hydrogen-bond donors (Lipinski definition) is 3. The van der Waals surface area contributed by atoms with E-state index in [-0.39, 0.29) is 35.9 Å². The Balaban J connectivity index is 0.00000576. The Bertz CT molecular complexity index is 526. The molecule has 1 amide bonds. The molecule has 0 spiro atoms. The van der Waals surface area contributed by atoms with Gasteiger partial charge < -0.3 is 20.7 Å². The van der Waals surface area contributed by atoms with Gasteiger partial charge in [0.25, 0.3) is 0 Å². The SMILES string of the molecule is CCNC(=NCCCC(=O)Nc1ccc(Cl)cc1)NC(C)COC.I. The molecule has 1 unspecified atom stereocenters. The van der Waals surface area contributed by atoms with Crippen LogP contribution in [0, 0.1) is 0 Å². The van der Waals surface area contributed by atoms with Crippen LogP contribution in [-0.2, 0) is 9.53 Å². The van der Waals surface area contributed by atoms with Crippen LogP contribution in [0.4, 0.5) is 5.69 Å². The van der Waals surface area contributed by atoms with Gasteiger partial charge in [0, 0.05) is 43.4 Å². The number of nitrogens with one attached hydrogen (secondary N) is 3. The quantitative estimate of drug-likeness (QED) is 0.219. The Morgan fingerprint density at radius 2 is 2.00 bits per heavy atom. The van der Waals surface area contributed by atoms with Gasteiger partial charge in [0.05, 0.1) is 6.61 Å². The maximum absolute atomic E-state index is 11.9. The normalized spacial score (nSPS) is 12.1. The number of rotatable bonds is 9. The van der Waals surface area contributed by atoms with Crippen LogP contribution in [-0.4, -0.2) is 44.7 Å². The number of carbonyl (C=O) groups excluding carboxylic acids is 1. The Hall–Kier alpha value is -1.06. The molecule has 0 radical (unpaired) electrons. The average molecular weight is 483 g/mol. The van der Waals surface area contributed by atoms with Crippen LogP contribution in [0.15, 0.2) is 29.3 Å². The van der Waals surface area contributed by atoms with Crippen molar-refractivity contribution in [3.8, 4) is 0 Å². The first-order valence-electron chi connectivity index (χ1n) is 8.14. The van der Waals surface area contributed by atoms with Crippen LogP contribution in [0.3, 0.4) is 0 Å². The molecule has 0 aliphatic heterocycles. The van der Waals surface area contributed by atoms with Crippen molar-refractivity contribution in [1.82, 2.24) is 10.6 Å². The van der Waals surface area contributed by atoms with Gasteiger partial charge in [0.1, 0.15) is 0 Å². The molecular formula is C17H28ClIN4O2. The molecule has 25 heavy (non-hydrogen) atoms. The number of amides is 1. The molecule has 1 atom stereocenters. The van der Waals surface area contributed by atoms with E-state index in [1.165, 1.54) is 0 Å². The minimum absolute atomic E-state index is 0. The number of hydrogen-bond acceptors (Lipinski definition) is 3. The largest absolute Gasteiger partial charge is 0.383 e. The highest BCUT2D eigenvalue weighted by Gasteiger charge is 2.05. The molecular weight excluding hydrogens is 455 g/mol. The van der Waals surface area contributed by atoms with Crippen molar-refractivity contribution < 1.29 is 9.53 Å². The van der Waals surface area contributed by atoms with Crippen molar-refractivity contribution in [1.29, 1.82) is 0 Å². The highest BCUT2D eigenvalue weighted by molar-refractivity contribution is 14.0. The monoisotopic (exact) mass is 482 g/mol. The molecule has 0 saturated heterocycles. The van der Waals surface area contributed by atoms with E-state index >= 15 is 0 Å². The van der Waals surface area contributed by atoms with E-state index in [0.717, 1.165) is 18.2 Å². The maximum Gasteiger partial charge on any atom is 0.224 e. The van der Waals surface area contributed by atoms with Crippen LogP contribution in [0.1, 0.15) is 26.7 Å². The van der Waals surface area contributed by atoms with Gasteiger partial charge in [-0.3, -0.25) is 9.79 Å². The first-order chi connectivity index (χ1) is 11.5. The molecule has 0 saturated carbocycles. The summed E-state index contributed by atoms with van der Waals surface area (Å²) >= 11 is 5.81. The Labute approximate surface area is 172 Å². The van der Waals surface area contributed by atoms with Crippen molar-refractivity contribution in [2.24, 2.45) is 4.99 Å².